The van der Waals surface area contributed by atoms with E-state index < -0.39 is 6.10 Å². The van der Waals surface area contributed by atoms with Crippen LogP contribution in [0.1, 0.15) is 12.5 Å². The van der Waals surface area contributed by atoms with Gasteiger partial charge in [-0.2, -0.15) is 0 Å². The highest BCUT2D eigenvalue weighted by Crippen LogP contribution is 2.34. The second-order valence-electron chi connectivity index (χ2n) is 7.58. The molecule has 0 bridgehead atoms. The fourth-order valence-electron chi connectivity index (χ4n) is 3.62. The third kappa shape index (κ3) is 6.09. The highest BCUT2D eigenvalue weighted by Gasteiger charge is 2.18. The van der Waals surface area contributed by atoms with Crippen LogP contribution in [-0.2, 0) is 0 Å². The molecule has 2 aromatic carbocycles. The fraction of sp³-hybridized carbons (Fsp3) is 0.478. The van der Waals surface area contributed by atoms with Crippen LogP contribution in [0.3, 0.4) is 0 Å². The van der Waals surface area contributed by atoms with Crippen LogP contribution < -0.4 is 9.47 Å². The van der Waals surface area contributed by atoms with Crippen LogP contribution in [0.5, 0.6) is 11.5 Å². The minimum absolute atomic E-state index is 0.238. The van der Waals surface area contributed by atoms with Crippen molar-refractivity contribution in [2.24, 2.45) is 0 Å². The molecule has 1 fully saturated rings. The number of aliphatic hydroxyl groups is 1. The molecular weight excluding hydrogens is 388 g/mol. The SMILES string of the molecule is CCN1CCN(CC(O)COc2cc(OC)cc(-c3cc(C)ccc3Cl)c2)CC1. The Kier molecular flexibility index (Phi) is 7.78. The normalized spacial score (nSPS) is 16.6. The van der Waals surface area contributed by atoms with E-state index in [0.29, 0.717) is 23.1 Å². The first-order valence-electron chi connectivity index (χ1n) is 10.2. The minimum Gasteiger partial charge on any atom is -0.497 e. The molecule has 1 saturated heterocycles. The van der Waals surface area contributed by atoms with Gasteiger partial charge >= 0.3 is 0 Å². The monoisotopic (exact) mass is 418 g/mol. The van der Waals surface area contributed by atoms with E-state index in [1.807, 2.05) is 43.3 Å². The standard InChI is InChI=1S/C23H31ClN2O3/c1-4-25-7-9-26(10-8-25)15-19(27)16-29-21-13-18(12-20(14-21)28-3)22-11-17(2)5-6-23(22)24/h5-6,11-14,19,27H,4,7-10,15-16H2,1-3H3. The predicted octanol–water partition coefficient (Wildman–Crippen LogP) is 3.70. The van der Waals surface area contributed by atoms with E-state index in [2.05, 4.69) is 16.7 Å². The Labute approximate surface area is 178 Å². The molecule has 29 heavy (non-hydrogen) atoms. The van der Waals surface area contributed by atoms with Gasteiger partial charge in [0.2, 0.25) is 0 Å². The number of halogens is 1. The summed E-state index contributed by atoms with van der Waals surface area (Å²) in [5.74, 6) is 1.35. The van der Waals surface area contributed by atoms with Gasteiger partial charge in [-0.25, -0.2) is 0 Å². The second-order valence-corrected chi connectivity index (χ2v) is 7.99. The Bertz CT molecular complexity index is 807. The van der Waals surface area contributed by atoms with E-state index in [4.69, 9.17) is 21.1 Å². The van der Waals surface area contributed by atoms with E-state index in [1.165, 1.54) is 0 Å². The number of ether oxygens (including phenoxy) is 2. The molecule has 0 amide bonds. The second kappa shape index (κ2) is 10.3. The van der Waals surface area contributed by atoms with Gasteiger partial charge in [0.15, 0.2) is 0 Å². The van der Waals surface area contributed by atoms with E-state index in [9.17, 15) is 5.11 Å². The van der Waals surface area contributed by atoms with Crippen LogP contribution in [0, 0.1) is 6.92 Å². The zero-order valence-electron chi connectivity index (χ0n) is 17.5. The van der Waals surface area contributed by atoms with Crippen molar-refractivity contribution in [2.75, 3.05) is 53.0 Å². The quantitative estimate of drug-likeness (QED) is 0.708. The zero-order chi connectivity index (χ0) is 20.8. The summed E-state index contributed by atoms with van der Waals surface area (Å²) in [6, 6.07) is 11.6. The lowest BCUT2D eigenvalue weighted by atomic mass is 10.0. The van der Waals surface area contributed by atoms with Gasteiger partial charge in [0, 0.05) is 49.4 Å². The Morgan fingerprint density at radius 2 is 1.72 bits per heavy atom. The topological polar surface area (TPSA) is 45.2 Å². The summed E-state index contributed by atoms with van der Waals surface area (Å²) in [5, 5.41) is 11.1. The third-order valence-electron chi connectivity index (χ3n) is 5.37. The number of β-amino-alcohol motifs (C(OH)–C–C–N with tert-alkyl or cyclic N) is 1. The number of hydrogen-bond donors (Lipinski definition) is 1. The lowest BCUT2D eigenvalue weighted by molar-refractivity contribution is 0.0470. The van der Waals surface area contributed by atoms with Crippen LogP contribution in [0.2, 0.25) is 5.02 Å². The van der Waals surface area contributed by atoms with E-state index in [-0.39, 0.29) is 6.61 Å². The van der Waals surface area contributed by atoms with E-state index in [0.717, 1.165) is 49.4 Å². The van der Waals surface area contributed by atoms with Crippen LogP contribution >= 0.6 is 11.6 Å². The molecular formula is C23H31ClN2O3. The van der Waals surface area contributed by atoms with Crippen molar-refractivity contribution in [2.45, 2.75) is 20.0 Å². The minimum atomic E-state index is -0.541. The number of rotatable bonds is 8. The number of hydrogen-bond acceptors (Lipinski definition) is 5. The number of nitrogens with zero attached hydrogens (tertiary/aromatic N) is 2. The first-order valence-corrected chi connectivity index (χ1v) is 10.6. The smallest absolute Gasteiger partial charge is 0.123 e. The first kappa shape index (κ1) is 21.9. The summed E-state index contributed by atoms with van der Waals surface area (Å²) < 4.78 is 11.4. The van der Waals surface area contributed by atoms with Gasteiger partial charge < -0.3 is 19.5 Å². The van der Waals surface area contributed by atoms with E-state index >= 15 is 0 Å². The van der Waals surface area contributed by atoms with Gasteiger partial charge in [-0.05, 0) is 43.3 Å². The number of benzene rings is 2. The zero-order valence-corrected chi connectivity index (χ0v) is 18.3. The number of aliphatic hydroxyl groups excluding tert-OH is 1. The van der Waals surface area contributed by atoms with Crippen LogP contribution in [-0.4, -0.2) is 74.0 Å². The van der Waals surface area contributed by atoms with Crippen LogP contribution in [0.4, 0.5) is 0 Å². The molecule has 0 saturated carbocycles. The maximum absolute atomic E-state index is 10.4. The maximum atomic E-state index is 10.4. The maximum Gasteiger partial charge on any atom is 0.123 e. The lowest BCUT2D eigenvalue weighted by Crippen LogP contribution is -2.49. The highest BCUT2D eigenvalue weighted by molar-refractivity contribution is 6.33. The Morgan fingerprint density at radius 1 is 1.03 bits per heavy atom. The van der Waals surface area contributed by atoms with Gasteiger partial charge in [-0.1, -0.05) is 30.2 Å². The first-order chi connectivity index (χ1) is 14.0. The molecule has 1 aliphatic heterocycles. The number of aryl methyl sites for hydroxylation is 1. The Balaban J connectivity index is 1.64. The molecule has 0 radical (unpaired) electrons. The van der Waals surface area contributed by atoms with Gasteiger partial charge in [-0.15, -0.1) is 0 Å². The molecule has 158 valence electrons. The summed E-state index contributed by atoms with van der Waals surface area (Å²) in [7, 11) is 1.63. The summed E-state index contributed by atoms with van der Waals surface area (Å²) in [6.07, 6.45) is -0.541. The molecule has 1 unspecified atom stereocenters. The third-order valence-corrected chi connectivity index (χ3v) is 5.70. The lowest BCUT2D eigenvalue weighted by Gasteiger charge is -2.34. The molecule has 1 atom stereocenters. The summed E-state index contributed by atoms with van der Waals surface area (Å²) in [5.41, 5.74) is 3.00. The number of methoxy groups -OCH3 is 1. The van der Waals surface area contributed by atoms with Crippen molar-refractivity contribution < 1.29 is 14.6 Å². The molecule has 6 heteroatoms. The Morgan fingerprint density at radius 3 is 2.41 bits per heavy atom. The summed E-state index contributed by atoms with van der Waals surface area (Å²) in [6.45, 7) is 10.3. The molecule has 1 N–H and O–H groups in total. The number of likely N-dealkylation sites (N-methyl/N-ethyl adjacent to an activating group) is 1. The van der Waals surface area contributed by atoms with Crippen molar-refractivity contribution in [3.05, 3.63) is 47.0 Å². The Hall–Kier alpha value is -1.79. The van der Waals surface area contributed by atoms with Gasteiger partial charge in [0.05, 0.1) is 7.11 Å². The summed E-state index contributed by atoms with van der Waals surface area (Å²) >= 11 is 6.40. The fourth-order valence-corrected chi connectivity index (χ4v) is 3.85. The van der Waals surface area contributed by atoms with Crippen molar-refractivity contribution >= 4 is 11.6 Å². The van der Waals surface area contributed by atoms with E-state index in [1.54, 1.807) is 7.11 Å². The summed E-state index contributed by atoms with van der Waals surface area (Å²) in [4.78, 5) is 4.72. The van der Waals surface area contributed by atoms with Gasteiger partial charge in [0.25, 0.3) is 0 Å². The largest absolute Gasteiger partial charge is 0.497 e. The predicted molar refractivity (Wildman–Crippen MR) is 118 cm³/mol. The van der Waals surface area contributed by atoms with Gasteiger partial charge in [-0.3, -0.25) is 4.90 Å². The average molecular weight is 419 g/mol. The van der Waals surface area contributed by atoms with Crippen molar-refractivity contribution in [1.82, 2.24) is 9.80 Å². The molecule has 1 heterocycles. The van der Waals surface area contributed by atoms with Crippen LogP contribution in [0.25, 0.3) is 11.1 Å². The molecule has 0 aromatic heterocycles. The molecule has 0 spiro atoms. The van der Waals surface area contributed by atoms with Gasteiger partial charge in [0.1, 0.15) is 24.2 Å². The number of piperazine rings is 1. The van der Waals surface area contributed by atoms with Crippen LogP contribution in [0.15, 0.2) is 36.4 Å². The average Bonchev–Trinajstić information content (AvgIpc) is 2.74. The molecule has 2 aromatic rings. The molecule has 1 aliphatic rings. The molecule has 5 nitrogen and oxygen atoms in total. The molecule has 0 aliphatic carbocycles. The highest BCUT2D eigenvalue weighted by atomic mass is 35.5. The van der Waals surface area contributed by atoms with Crippen molar-refractivity contribution in [3.63, 3.8) is 0 Å². The van der Waals surface area contributed by atoms with Crippen molar-refractivity contribution in [1.29, 1.82) is 0 Å². The molecule has 3 rings (SSSR count). The van der Waals surface area contributed by atoms with Crippen molar-refractivity contribution in [3.8, 4) is 22.6 Å².